The Hall–Kier alpha value is -2.07. The van der Waals surface area contributed by atoms with Crippen LogP contribution >= 0.6 is 0 Å². The molecule has 1 aromatic heterocycles. The molecule has 1 amide bonds. The van der Waals surface area contributed by atoms with Crippen LogP contribution in [0.5, 0.6) is 0 Å². The Labute approximate surface area is 124 Å². The maximum Gasteiger partial charge on any atom is 0.290 e. The van der Waals surface area contributed by atoms with E-state index < -0.39 is 0 Å². The molecule has 1 saturated heterocycles. The smallest absolute Gasteiger partial charge is 0.290 e. The number of benzene rings is 1. The number of hydrogen-bond donors (Lipinski definition) is 0. The van der Waals surface area contributed by atoms with E-state index >= 15 is 0 Å². The van der Waals surface area contributed by atoms with Crippen molar-refractivity contribution in [3.63, 3.8) is 0 Å². The van der Waals surface area contributed by atoms with Gasteiger partial charge in [0.2, 0.25) is 0 Å². The molecular weight excluding hydrogens is 266 g/mol. The molecule has 2 aromatic rings. The first kappa shape index (κ1) is 13.9. The molecule has 4 heteroatoms. The summed E-state index contributed by atoms with van der Waals surface area (Å²) in [7, 11) is 0. The van der Waals surface area contributed by atoms with Crippen molar-refractivity contribution < 1.29 is 13.9 Å². The normalized spacial score (nSPS) is 18.7. The van der Waals surface area contributed by atoms with Gasteiger partial charge >= 0.3 is 0 Å². The van der Waals surface area contributed by atoms with Crippen LogP contribution in [0.25, 0.3) is 11.1 Å². The minimum absolute atomic E-state index is 0.0550. The molecule has 0 spiro atoms. The molecule has 1 aromatic carbocycles. The van der Waals surface area contributed by atoms with E-state index in [0.717, 1.165) is 17.5 Å². The molecule has 1 aliphatic heterocycles. The topological polar surface area (TPSA) is 42.7 Å². The summed E-state index contributed by atoms with van der Waals surface area (Å²) in [6.45, 7) is 3.90. The number of nitrogens with zero attached hydrogens (tertiary/aromatic N) is 1. The zero-order valence-electron chi connectivity index (χ0n) is 12.1. The van der Waals surface area contributed by atoms with E-state index in [1.165, 1.54) is 0 Å². The van der Waals surface area contributed by atoms with Crippen LogP contribution < -0.4 is 0 Å². The van der Waals surface area contributed by atoms with Crippen molar-refractivity contribution in [3.05, 3.63) is 48.4 Å². The third-order valence-corrected chi connectivity index (χ3v) is 3.83. The Morgan fingerprint density at radius 3 is 2.86 bits per heavy atom. The first-order chi connectivity index (χ1) is 10.3. The Morgan fingerprint density at radius 2 is 2.10 bits per heavy atom. The van der Waals surface area contributed by atoms with Gasteiger partial charge in [-0.15, -0.1) is 0 Å². The zero-order valence-corrected chi connectivity index (χ0v) is 12.1. The van der Waals surface area contributed by atoms with E-state index in [4.69, 9.17) is 9.15 Å². The van der Waals surface area contributed by atoms with Gasteiger partial charge in [-0.3, -0.25) is 4.79 Å². The van der Waals surface area contributed by atoms with Crippen molar-refractivity contribution in [3.8, 4) is 11.1 Å². The van der Waals surface area contributed by atoms with E-state index in [9.17, 15) is 4.79 Å². The van der Waals surface area contributed by atoms with Gasteiger partial charge in [0, 0.05) is 18.7 Å². The molecule has 21 heavy (non-hydrogen) atoms. The van der Waals surface area contributed by atoms with Crippen LogP contribution in [0.1, 0.15) is 23.9 Å². The molecule has 0 bridgehead atoms. The van der Waals surface area contributed by atoms with Crippen LogP contribution in [0, 0.1) is 0 Å². The first-order valence-corrected chi connectivity index (χ1v) is 7.33. The highest BCUT2D eigenvalue weighted by atomic mass is 16.5. The van der Waals surface area contributed by atoms with Crippen LogP contribution in [0.3, 0.4) is 0 Å². The summed E-state index contributed by atoms with van der Waals surface area (Å²) in [5.74, 6) is 0.360. The third-order valence-electron chi connectivity index (χ3n) is 3.83. The summed E-state index contributed by atoms with van der Waals surface area (Å²) in [6.07, 6.45) is 2.61. The molecule has 4 nitrogen and oxygen atoms in total. The summed E-state index contributed by atoms with van der Waals surface area (Å²) in [6, 6.07) is 11.7. The van der Waals surface area contributed by atoms with Gasteiger partial charge in [0.05, 0.1) is 19.0 Å². The molecule has 1 fully saturated rings. The SMILES string of the molecule is CCC1CN(C(=O)c2occc2-c2ccccc2)CCO1. The average molecular weight is 285 g/mol. The van der Waals surface area contributed by atoms with Gasteiger partial charge in [0.1, 0.15) is 0 Å². The second-order valence-corrected chi connectivity index (χ2v) is 5.18. The number of carbonyl (C=O) groups is 1. The van der Waals surface area contributed by atoms with Gasteiger partial charge in [-0.25, -0.2) is 0 Å². The lowest BCUT2D eigenvalue weighted by atomic mass is 10.1. The predicted molar refractivity (Wildman–Crippen MR) is 80.1 cm³/mol. The van der Waals surface area contributed by atoms with Gasteiger partial charge in [-0.05, 0) is 18.1 Å². The standard InChI is InChI=1S/C17H19NO3/c1-2-14-12-18(9-11-20-14)17(19)16-15(8-10-21-16)13-6-4-3-5-7-13/h3-8,10,14H,2,9,11-12H2,1H3. The van der Waals surface area contributed by atoms with Crippen LogP contribution in [0.4, 0.5) is 0 Å². The predicted octanol–water partition coefficient (Wildman–Crippen LogP) is 3.20. The highest BCUT2D eigenvalue weighted by molar-refractivity contribution is 5.98. The number of amides is 1. The van der Waals surface area contributed by atoms with Gasteiger partial charge < -0.3 is 14.1 Å². The number of hydrogen-bond acceptors (Lipinski definition) is 3. The molecule has 0 saturated carbocycles. The summed E-state index contributed by atoms with van der Waals surface area (Å²) in [5, 5.41) is 0. The molecule has 2 heterocycles. The molecule has 0 N–H and O–H groups in total. The Kier molecular flexibility index (Phi) is 4.06. The maximum absolute atomic E-state index is 12.7. The molecule has 110 valence electrons. The summed E-state index contributed by atoms with van der Waals surface area (Å²) >= 11 is 0. The Balaban J connectivity index is 1.84. The Bertz CT molecular complexity index is 606. The second-order valence-electron chi connectivity index (χ2n) is 5.18. The van der Waals surface area contributed by atoms with E-state index in [1.807, 2.05) is 41.3 Å². The lowest BCUT2D eigenvalue weighted by Gasteiger charge is -2.32. The summed E-state index contributed by atoms with van der Waals surface area (Å²) in [5.41, 5.74) is 1.84. The van der Waals surface area contributed by atoms with Crippen LogP contribution in [-0.4, -0.2) is 36.6 Å². The van der Waals surface area contributed by atoms with E-state index in [2.05, 4.69) is 6.92 Å². The summed E-state index contributed by atoms with van der Waals surface area (Å²) < 4.78 is 11.1. The molecule has 0 aliphatic carbocycles. The number of ether oxygens (including phenoxy) is 1. The monoisotopic (exact) mass is 285 g/mol. The molecule has 0 radical (unpaired) electrons. The molecular formula is C17H19NO3. The van der Waals surface area contributed by atoms with Gasteiger partial charge in [-0.1, -0.05) is 37.3 Å². The first-order valence-electron chi connectivity index (χ1n) is 7.33. The number of carbonyl (C=O) groups excluding carboxylic acids is 1. The lowest BCUT2D eigenvalue weighted by molar-refractivity contribution is -0.0235. The molecule has 3 rings (SSSR count). The fourth-order valence-corrected chi connectivity index (χ4v) is 2.61. The lowest BCUT2D eigenvalue weighted by Crippen LogP contribution is -2.45. The average Bonchev–Trinajstić information content (AvgIpc) is 3.04. The fourth-order valence-electron chi connectivity index (χ4n) is 2.61. The van der Waals surface area contributed by atoms with E-state index in [0.29, 0.717) is 25.5 Å². The van der Waals surface area contributed by atoms with Crippen LogP contribution in [-0.2, 0) is 4.74 Å². The highest BCUT2D eigenvalue weighted by Gasteiger charge is 2.27. The molecule has 1 atom stereocenters. The van der Waals surface area contributed by atoms with Crippen molar-refractivity contribution in [1.82, 2.24) is 4.90 Å². The van der Waals surface area contributed by atoms with Crippen LogP contribution in [0.15, 0.2) is 47.1 Å². The maximum atomic E-state index is 12.7. The second kappa shape index (κ2) is 6.14. The third kappa shape index (κ3) is 2.85. The minimum Gasteiger partial charge on any atom is -0.459 e. The van der Waals surface area contributed by atoms with Crippen molar-refractivity contribution in [2.75, 3.05) is 19.7 Å². The number of furan rings is 1. The molecule has 1 aliphatic rings. The largest absolute Gasteiger partial charge is 0.459 e. The van der Waals surface area contributed by atoms with Crippen molar-refractivity contribution in [2.45, 2.75) is 19.4 Å². The number of rotatable bonds is 3. The summed E-state index contributed by atoms with van der Waals surface area (Å²) in [4.78, 5) is 14.5. The van der Waals surface area contributed by atoms with Crippen molar-refractivity contribution >= 4 is 5.91 Å². The van der Waals surface area contributed by atoms with Gasteiger partial charge in [0.15, 0.2) is 5.76 Å². The van der Waals surface area contributed by atoms with Crippen molar-refractivity contribution in [2.24, 2.45) is 0 Å². The van der Waals surface area contributed by atoms with Gasteiger partial charge in [-0.2, -0.15) is 0 Å². The van der Waals surface area contributed by atoms with Crippen molar-refractivity contribution in [1.29, 1.82) is 0 Å². The van der Waals surface area contributed by atoms with E-state index in [-0.39, 0.29) is 12.0 Å². The quantitative estimate of drug-likeness (QED) is 0.869. The number of morpholine rings is 1. The van der Waals surface area contributed by atoms with E-state index in [1.54, 1.807) is 6.26 Å². The fraction of sp³-hybridized carbons (Fsp3) is 0.353. The zero-order chi connectivity index (χ0) is 14.7. The van der Waals surface area contributed by atoms with Crippen LogP contribution in [0.2, 0.25) is 0 Å². The molecule has 1 unspecified atom stereocenters. The van der Waals surface area contributed by atoms with Gasteiger partial charge in [0.25, 0.3) is 5.91 Å². The highest BCUT2D eigenvalue weighted by Crippen LogP contribution is 2.26. The Morgan fingerprint density at radius 1 is 1.29 bits per heavy atom. The minimum atomic E-state index is -0.0550.